The zero-order valence-electron chi connectivity index (χ0n) is 9.69. The van der Waals surface area contributed by atoms with Gasteiger partial charge in [0.1, 0.15) is 6.04 Å². The molecule has 16 heavy (non-hydrogen) atoms. The van der Waals surface area contributed by atoms with Crippen LogP contribution >= 0.6 is 0 Å². The van der Waals surface area contributed by atoms with Gasteiger partial charge >= 0.3 is 5.97 Å². The van der Waals surface area contributed by atoms with Crippen molar-refractivity contribution in [3.05, 3.63) is 0 Å². The maximum Gasteiger partial charge on any atom is 0.328 e. The molecule has 1 saturated heterocycles. The molecule has 5 nitrogen and oxygen atoms in total. The SMILES string of the molecule is CCCOC(=O)[C@@H]1CCCN1C(=O)C(C)=O. The van der Waals surface area contributed by atoms with Crippen molar-refractivity contribution >= 4 is 17.7 Å². The second-order valence-corrected chi connectivity index (χ2v) is 3.88. The van der Waals surface area contributed by atoms with E-state index in [4.69, 9.17) is 4.74 Å². The Bertz CT molecular complexity index is 300. The first-order valence-electron chi connectivity index (χ1n) is 5.56. The molecule has 0 N–H and O–H groups in total. The lowest BCUT2D eigenvalue weighted by molar-refractivity contribution is -0.155. The minimum atomic E-state index is -0.587. The highest BCUT2D eigenvalue weighted by molar-refractivity contribution is 6.35. The number of ketones is 1. The van der Waals surface area contributed by atoms with Crippen molar-refractivity contribution in [3.8, 4) is 0 Å². The van der Waals surface area contributed by atoms with Gasteiger partial charge in [-0.2, -0.15) is 0 Å². The van der Waals surface area contributed by atoms with Crippen LogP contribution in [0.25, 0.3) is 0 Å². The third-order valence-electron chi connectivity index (χ3n) is 2.54. The molecular weight excluding hydrogens is 210 g/mol. The van der Waals surface area contributed by atoms with Crippen molar-refractivity contribution in [2.45, 2.75) is 39.2 Å². The molecule has 90 valence electrons. The Kier molecular flexibility index (Phi) is 4.46. The molecule has 1 atom stereocenters. The maximum atomic E-state index is 11.6. The lowest BCUT2D eigenvalue weighted by Gasteiger charge is -2.21. The summed E-state index contributed by atoms with van der Waals surface area (Å²) < 4.78 is 4.99. The average molecular weight is 227 g/mol. The molecule has 1 rings (SSSR count). The summed E-state index contributed by atoms with van der Waals surface area (Å²) >= 11 is 0. The lowest BCUT2D eigenvalue weighted by atomic mass is 10.2. The van der Waals surface area contributed by atoms with Gasteiger partial charge in [0.05, 0.1) is 6.61 Å². The molecule has 0 aliphatic carbocycles. The number of carbonyl (C=O) groups excluding carboxylic acids is 3. The molecular formula is C11H17NO4. The molecule has 0 aromatic rings. The van der Waals surface area contributed by atoms with Crippen LogP contribution in [-0.4, -0.2) is 41.8 Å². The second-order valence-electron chi connectivity index (χ2n) is 3.88. The summed E-state index contributed by atoms with van der Waals surface area (Å²) in [6.45, 7) is 3.94. The molecule has 1 amide bonds. The number of amides is 1. The molecule has 1 aliphatic rings. The van der Waals surface area contributed by atoms with Gasteiger partial charge in [-0.1, -0.05) is 6.92 Å². The fourth-order valence-electron chi connectivity index (χ4n) is 1.76. The van der Waals surface area contributed by atoms with E-state index in [0.717, 1.165) is 12.8 Å². The predicted octanol–water partition coefficient (Wildman–Crippen LogP) is 0.520. The smallest absolute Gasteiger partial charge is 0.328 e. The maximum absolute atomic E-state index is 11.6. The van der Waals surface area contributed by atoms with E-state index in [1.54, 1.807) is 0 Å². The molecule has 1 aliphatic heterocycles. The van der Waals surface area contributed by atoms with Crippen molar-refractivity contribution in [2.75, 3.05) is 13.2 Å². The second kappa shape index (κ2) is 5.63. The van der Waals surface area contributed by atoms with Crippen LogP contribution in [0.15, 0.2) is 0 Å². The van der Waals surface area contributed by atoms with Gasteiger partial charge in [-0.05, 0) is 19.3 Å². The Morgan fingerprint density at radius 3 is 2.62 bits per heavy atom. The Morgan fingerprint density at radius 2 is 2.06 bits per heavy atom. The van der Waals surface area contributed by atoms with E-state index in [0.29, 0.717) is 19.6 Å². The quantitative estimate of drug-likeness (QED) is 0.519. The summed E-state index contributed by atoms with van der Waals surface area (Å²) in [5, 5.41) is 0. The van der Waals surface area contributed by atoms with E-state index >= 15 is 0 Å². The number of nitrogens with zero attached hydrogens (tertiary/aromatic N) is 1. The molecule has 1 heterocycles. The highest BCUT2D eigenvalue weighted by Gasteiger charge is 2.36. The topological polar surface area (TPSA) is 63.7 Å². The number of carbonyl (C=O) groups is 3. The van der Waals surface area contributed by atoms with Crippen molar-refractivity contribution in [2.24, 2.45) is 0 Å². The standard InChI is InChI=1S/C11H17NO4/c1-3-7-16-11(15)9-5-4-6-12(9)10(14)8(2)13/h9H,3-7H2,1-2H3/t9-/m0/s1. The zero-order chi connectivity index (χ0) is 12.1. The van der Waals surface area contributed by atoms with Crippen LogP contribution in [0.1, 0.15) is 33.1 Å². The fourth-order valence-corrected chi connectivity index (χ4v) is 1.76. The minimum absolute atomic E-state index is 0.359. The number of hydrogen-bond acceptors (Lipinski definition) is 4. The van der Waals surface area contributed by atoms with E-state index in [2.05, 4.69) is 0 Å². The van der Waals surface area contributed by atoms with Crippen molar-refractivity contribution in [1.82, 2.24) is 4.90 Å². The molecule has 0 radical (unpaired) electrons. The number of rotatable bonds is 4. The highest BCUT2D eigenvalue weighted by atomic mass is 16.5. The summed E-state index contributed by atoms with van der Waals surface area (Å²) in [6.07, 6.45) is 2.07. The molecule has 0 saturated carbocycles. The van der Waals surface area contributed by atoms with Crippen molar-refractivity contribution in [3.63, 3.8) is 0 Å². The molecule has 5 heteroatoms. The molecule has 0 aromatic heterocycles. The molecule has 0 unspecified atom stereocenters. The molecule has 0 aromatic carbocycles. The van der Waals surface area contributed by atoms with E-state index in [1.807, 2.05) is 6.92 Å². The first kappa shape index (κ1) is 12.7. The first-order valence-corrected chi connectivity index (χ1v) is 5.56. The average Bonchev–Trinajstić information content (AvgIpc) is 2.73. The van der Waals surface area contributed by atoms with Gasteiger partial charge in [-0.3, -0.25) is 9.59 Å². The predicted molar refractivity (Wildman–Crippen MR) is 56.7 cm³/mol. The third-order valence-corrected chi connectivity index (χ3v) is 2.54. The van der Waals surface area contributed by atoms with Crippen molar-refractivity contribution in [1.29, 1.82) is 0 Å². The van der Waals surface area contributed by atoms with Gasteiger partial charge in [0.25, 0.3) is 5.91 Å². The summed E-state index contributed by atoms with van der Waals surface area (Å²) in [6, 6.07) is -0.567. The number of Topliss-reactive ketones (excluding diaryl/α,β-unsaturated/α-hetero) is 1. The van der Waals surface area contributed by atoms with Crippen LogP contribution in [0.2, 0.25) is 0 Å². The van der Waals surface area contributed by atoms with Gasteiger partial charge < -0.3 is 9.64 Å². The highest BCUT2D eigenvalue weighted by Crippen LogP contribution is 2.18. The van der Waals surface area contributed by atoms with Crippen LogP contribution in [0.3, 0.4) is 0 Å². The van der Waals surface area contributed by atoms with Crippen LogP contribution in [0.5, 0.6) is 0 Å². The number of likely N-dealkylation sites (tertiary alicyclic amines) is 1. The Labute approximate surface area is 94.7 Å². The van der Waals surface area contributed by atoms with Gasteiger partial charge in [-0.15, -0.1) is 0 Å². The first-order chi connectivity index (χ1) is 7.57. The Morgan fingerprint density at radius 1 is 1.38 bits per heavy atom. The summed E-state index contributed by atoms with van der Waals surface area (Å²) in [4.78, 5) is 35.4. The fraction of sp³-hybridized carbons (Fsp3) is 0.727. The Balaban J connectivity index is 2.61. The van der Waals surface area contributed by atoms with Gasteiger partial charge in [0.15, 0.2) is 0 Å². The van der Waals surface area contributed by atoms with Gasteiger partial charge in [0.2, 0.25) is 5.78 Å². The van der Waals surface area contributed by atoms with Crippen LogP contribution in [0.4, 0.5) is 0 Å². The van der Waals surface area contributed by atoms with E-state index < -0.39 is 23.7 Å². The lowest BCUT2D eigenvalue weighted by Crippen LogP contribution is -2.44. The van der Waals surface area contributed by atoms with Crippen molar-refractivity contribution < 1.29 is 19.1 Å². The summed E-state index contributed by atoms with van der Waals surface area (Å²) in [7, 11) is 0. The summed E-state index contributed by atoms with van der Waals surface area (Å²) in [5.41, 5.74) is 0. The van der Waals surface area contributed by atoms with E-state index in [1.165, 1.54) is 11.8 Å². The normalized spacial score (nSPS) is 19.6. The Hall–Kier alpha value is -1.39. The minimum Gasteiger partial charge on any atom is -0.464 e. The molecule has 1 fully saturated rings. The van der Waals surface area contributed by atoms with E-state index in [-0.39, 0.29) is 0 Å². The number of hydrogen-bond donors (Lipinski definition) is 0. The van der Waals surface area contributed by atoms with Crippen LogP contribution in [-0.2, 0) is 19.1 Å². The van der Waals surface area contributed by atoms with Crippen LogP contribution < -0.4 is 0 Å². The zero-order valence-corrected chi connectivity index (χ0v) is 9.69. The largest absolute Gasteiger partial charge is 0.464 e. The third kappa shape index (κ3) is 2.81. The molecule has 0 bridgehead atoms. The van der Waals surface area contributed by atoms with Gasteiger partial charge in [-0.25, -0.2) is 4.79 Å². The molecule has 0 spiro atoms. The van der Waals surface area contributed by atoms with E-state index in [9.17, 15) is 14.4 Å². The summed E-state index contributed by atoms with van der Waals surface area (Å²) in [5.74, 6) is -1.51. The number of ether oxygens (including phenoxy) is 1. The monoisotopic (exact) mass is 227 g/mol. The number of esters is 1. The van der Waals surface area contributed by atoms with Gasteiger partial charge in [0, 0.05) is 13.5 Å². The van der Waals surface area contributed by atoms with Crippen LogP contribution in [0, 0.1) is 0 Å².